The van der Waals surface area contributed by atoms with Crippen molar-refractivity contribution in [3.8, 4) is 0 Å². The molecule has 0 N–H and O–H groups in total. The summed E-state index contributed by atoms with van der Waals surface area (Å²) in [5.41, 5.74) is 0. The van der Waals surface area contributed by atoms with E-state index in [-0.39, 0.29) is 0 Å². The molecule has 0 bridgehead atoms. The fraction of sp³-hybridized carbons (Fsp3) is 0.267. The van der Waals surface area contributed by atoms with E-state index in [0.717, 1.165) is 24.3 Å². The van der Waals surface area contributed by atoms with Gasteiger partial charge in [0.1, 0.15) is 17.3 Å². The molecule has 1 heterocycles. The summed E-state index contributed by atoms with van der Waals surface area (Å²) in [6.45, 7) is 0. The number of carbonyl (C=O) groups excluding carboxylic acids is 1. The third-order valence-electron chi connectivity index (χ3n) is 3.31. The fourth-order valence-electron chi connectivity index (χ4n) is 2.28. The Balaban J connectivity index is 1.92. The summed E-state index contributed by atoms with van der Waals surface area (Å²) in [4.78, 5) is 12.7. The largest absolute Gasteiger partial charge is 0.299 e. The van der Waals surface area contributed by atoms with E-state index < -0.39 is 0 Å². The molecule has 1 aliphatic rings. The van der Waals surface area contributed by atoms with Crippen molar-refractivity contribution in [2.45, 2.75) is 17.7 Å². The predicted molar refractivity (Wildman–Crippen MR) is 73.6 cm³/mol. The molecular weight excluding hydrogens is 228 g/mol. The van der Waals surface area contributed by atoms with Gasteiger partial charge in [0.15, 0.2) is 4.90 Å². The number of benzene rings is 2. The lowest BCUT2D eigenvalue weighted by atomic mass is 10.1. The SMILES string of the molecule is O=C1CC[S+](c2ccc3ccccc3c2)CC1. The molecule has 0 atom stereocenters. The Bertz CT molecular complexity index is 552. The smallest absolute Gasteiger partial charge is 0.155 e. The maximum atomic E-state index is 11.3. The Morgan fingerprint density at radius 3 is 2.35 bits per heavy atom. The lowest BCUT2D eigenvalue weighted by Crippen LogP contribution is -2.23. The van der Waals surface area contributed by atoms with Gasteiger partial charge < -0.3 is 0 Å². The molecule has 0 aliphatic carbocycles. The van der Waals surface area contributed by atoms with Crippen molar-refractivity contribution in [3.63, 3.8) is 0 Å². The lowest BCUT2D eigenvalue weighted by Gasteiger charge is -2.13. The highest BCUT2D eigenvalue weighted by molar-refractivity contribution is 7.97. The average Bonchev–Trinajstić information content (AvgIpc) is 2.39. The van der Waals surface area contributed by atoms with Crippen LogP contribution in [0.25, 0.3) is 10.8 Å². The fourth-order valence-corrected chi connectivity index (χ4v) is 4.46. The van der Waals surface area contributed by atoms with E-state index in [1.54, 1.807) is 0 Å². The van der Waals surface area contributed by atoms with Gasteiger partial charge in [-0.05, 0) is 22.9 Å². The molecule has 2 aromatic rings. The first-order chi connectivity index (χ1) is 8.33. The second-order valence-corrected chi connectivity index (χ2v) is 6.72. The summed E-state index contributed by atoms with van der Waals surface area (Å²) in [5.74, 6) is 2.54. The monoisotopic (exact) mass is 243 g/mol. The van der Waals surface area contributed by atoms with Crippen LogP contribution in [-0.2, 0) is 15.7 Å². The van der Waals surface area contributed by atoms with Gasteiger partial charge in [0.05, 0.1) is 12.8 Å². The Kier molecular flexibility index (Phi) is 2.89. The first kappa shape index (κ1) is 10.8. The minimum absolute atomic E-state index is 0.294. The standard InChI is InChI=1S/C15H15OS/c16-14-7-9-17(10-8-14)15-6-5-12-3-1-2-4-13(12)11-15/h1-6,11H,7-10H2/q+1. The molecule has 1 nitrogen and oxygen atoms in total. The van der Waals surface area contributed by atoms with Crippen LogP contribution >= 0.6 is 0 Å². The molecule has 0 radical (unpaired) electrons. The van der Waals surface area contributed by atoms with Crippen LogP contribution in [-0.4, -0.2) is 17.3 Å². The van der Waals surface area contributed by atoms with Crippen LogP contribution in [0.1, 0.15) is 12.8 Å². The molecule has 0 amide bonds. The predicted octanol–water partition coefficient (Wildman–Crippen LogP) is 3.18. The second-order valence-electron chi connectivity index (χ2n) is 4.45. The number of hydrogen-bond acceptors (Lipinski definition) is 1. The average molecular weight is 243 g/mol. The van der Waals surface area contributed by atoms with Gasteiger partial charge in [-0.1, -0.05) is 24.3 Å². The van der Waals surface area contributed by atoms with Crippen molar-refractivity contribution in [3.05, 3.63) is 42.5 Å². The van der Waals surface area contributed by atoms with Crippen molar-refractivity contribution in [1.82, 2.24) is 0 Å². The Morgan fingerprint density at radius 1 is 0.882 bits per heavy atom. The van der Waals surface area contributed by atoms with Crippen molar-refractivity contribution >= 4 is 27.5 Å². The number of ketones is 1. The third-order valence-corrected chi connectivity index (χ3v) is 5.62. The third kappa shape index (κ3) is 2.22. The van der Waals surface area contributed by atoms with E-state index in [0.29, 0.717) is 16.7 Å². The van der Waals surface area contributed by atoms with E-state index >= 15 is 0 Å². The van der Waals surface area contributed by atoms with Crippen LogP contribution in [0.2, 0.25) is 0 Å². The highest BCUT2D eigenvalue weighted by atomic mass is 32.2. The molecule has 0 spiro atoms. The summed E-state index contributed by atoms with van der Waals surface area (Å²) in [6.07, 6.45) is 1.55. The van der Waals surface area contributed by atoms with Gasteiger partial charge in [0, 0.05) is 17.0 Å². The maximum absolute atomic E-state index is 11.3. The van der Waals surface area contributed by atoms with Gasteiger partial charge >= 0.3 is 0 Å². The zero-order chi connectivity index (χ0) is 11.7. The zero-order valence-electron chi connectivity index (χ0n) is 9.69. The van der Waals surface area contributed by atoms with Gasteiger partial charge in [-0.15, -0.1) is 0 Å². The maximum Gasteiger partial charge on any atom is 0.155 e. The van der Waals surface area contributed by atoms with Crippen LogP contribution in [0, 0.1) is 0 Å². The summed E-state index contributed by atoms with van der Waals surface area (Å²) in [6, 6.07) is 15.2. The number of Topliss-reactive ketones (excluding diaryl/α,β-unsaturated/α-hetero) is 1. The minimum Gasteiger partial charge on any atom is -0.299 e. The minimum atomic E-state index is 0.294. The molecule has 17 heavy (non-hydrogen) atoms. The summed E-state index contributed by atoms with van der Waals surface area (Å²) in [7, 11) is 0.294. The van der Waals surface area contributed by atoms with E-state index in [1.165, 1.54) is 15.7 Å². The normalized spacial score (nSPS) is 17.5. The van der Waals surface area contributed by atoms with Gasteiger partial charge in [0.2, 0.25) is 0 Å². The molecule has 2 aromatic carbocycles. The van der Waals surface area contributed by atoms with Crippen molar-refractivity contribution < 1.29 is 4.79 Å². The number of rotatable bonds is 1. The molecule has 1 fully saturated rings. The molecule has 0 saturated carbocycles. The van der Waals surface area contributed by atoms with Crippen LogP contribution in [0.5, 0.6) is 0 Å². The second kappa shape index (κ2) is 4.53. The van der Waals surface area contributed by atoms with Gasteiger partial charge in [-0.25, -0.2) is 0 Å². The highest BCUT2D eigenvalue weighted by Gasteiger charge is 2.28. The Hall–Kier alpha value is -1.28. The molecule has 86 valence electrons. The molecule has 1 saturated heterocycles. The first-order valence-corrected chi connectivity index (χ1v) is 7.57. The van der Waals surface area contributed by atoms with E-state index in [4.69, 9.17) is 0 Å². The van der Waals surface area contributed by atoms with Crippen LogP contribution in [0.3, 0.4) is 0 Å². The van der Waals surface area contributed by atoms with Crippen molar-refractivity contribution in [2.24, 2.45) is 0 Å². The van der Waals surface area contributed by atoms with E-state index in [1.807, 2.05) is 0 Å². The van der Waals surface area contributed by atoms with Crippen molar-refractivity contribution in [1.29, 1.82) is 0 Å². The first-order valence-electron chi connectivity index (χ1n) is 6.01. The number of fused-ring (bicyclic) bond motifs is 1. The van der Waals surface area contributed by atoms with E-state index in [9.17, 15) is 4.79 Å². The zero-order valence-corrected chi connectivity index (χ0v) is 10.5. The lowest BCUT2D eigenvalue weighted by molar-refractivity contribution is -0.118. The summed E-state index contributed by atoms with van der Waals surface area (Å²) in [5, 5.41) is 2.61. The quantitative estimate of drug-likeness (QED) is 0.703. The molecule has 3 rings (SSSR count). The Morgan fingerprint density at radius 2 is 1.59 bits per heavy atom. The van der Waals surface area contributed by atoms with E-state index in [2.05, 4.69) is 42.5 Å². The van der Waals surface area contributed by atoms with Crippen LogP contribution < -0.4 is 0 Å². The summed E-state index contributed by atoms with van der Waals surface area (Å²) < 4.78 is 0. The van der Waals surface area contributed by atoms with Gasteiger partial charge in [-0.2, -0.15) is 0 Å². The molecular formula is C15H15OS+. The summed E-state index contributed by atoms with van der Waals surface area (Å²) >= 11 is 0. The van der Waals surface area contributed by atoms with Crippen LogP contribution in [0.15, 0.2) is 47.4 Å². The molecule has 2 heteroatoms. The van der Waals surface area contributed by atoms with Crippen LogP contribution in [0.4, 0.5) is 0 Å². The molecule has 1 aliphatic heterocycles. The molecule has 0 unspecified atom stereocenters. The topological polar surface area (TPSA) is 17.1 Å². The van der Waals surface area contributed by atoms with Gasteiger partial charge in [-0.3, -0.25) is 4.79 Å². The highest BCUT2D eigenvalue weighted by Crippen LogP contribution is 2.24. The van der Waals surface area contributed by atoms with Crippen molar-refractivity contribution in [2.75, 3.05) is 11.5 Å². The Labute approximate surface area is 104 Å². The number of hydrogen-bond donors (Lipinski definition) is 0. The number of carbonyl (C=O) groups is 1. The van der Waals surface area contributed by atoms with Gasteiger partial charge in [0.25, 0.3) is 0 Å². The molecule has 0 aromatic heterocycles.